The van der Waals surface area contributed by atoms with Gasteiger partial charge in [0.1, 0.15) is 0 Å². The average Bonchev–Trinajstić information content (AvgIpc) is 2.30. The Balaban J connectivity index is 3.00. The van der Waals surface area contributed by atoms with Gasteiger partial charge in [0.25, 0.3) is 0 Å². The Morgan fingerprint density at radius 3 is 2.33 bits per heavy atom. The molecule has 0 aliphatic heterocycles. The largest absolute Gasteiger partial charge is 0.417 e. The first-order chi connectivity index (χ1) is 5.41. The summed E-state index contributed by atoms with van der Waals surface area (Å²) in [6.07, 6.45) is -4.34. The number of ketones is 1. The zero-order chi connectivity index (χ0) is 9.35. The van der Waals surface area contributed by atoms with Crippen molar-refractivity contribution in [1.82, 2.24) is 0 Å². The zero-order valence-electron chi connectivity index (χ0n) is 6.11. The van der Waals surface area contributed by atoms with Crippen molar-refractivity contribution < 1.29 is 18.0 Å². The molecule has 0 aromatic carbocycles. The van der Waals surface area contributed by atoms with E-state index in [1.807, 2.05) is 0 Å². The lowest BCUT2D eigenvalue weighted by Crippen LogP contribution is -2.02. The van der Waals surface area contributed by atoms with Gasteiger partial charge in [-0.25, -0.2) is 0 Å². The van der Waals surface area contributed by atoms with Crippen LogP contribution in [0.4, 0.5) is 13.2 Å². The quantitative estimate of drug-likeness (QED) is 0.628. The summed E-state index contributed by atoms with van der Waals surface area (Å²) in [6, 6.07) is 0.868. The van der Waals surface area contributed by atoms with Crippen LogP contribution in [0.2, 0.25) is 0 Å². The fourth-order valence-corrected chi connectivity index (χ4v) is 1.49. The van der Waals surface area contributed by atoms with E-state index in [1.54, 1.807) is 0 Å². The highest BCUT2D eigenvalue weighted by Gasteiger charge is 2.31. The molecule has 0 radical (unpaired) electrons. The highest BCUT2D eigenvalue weighted by Crippen LogP contribution is 2.32. The number of thiophene rings is 1. The van der Waals surface area contributed by atoms with Gasteiger partial charge in [-0.15, -0.1) is 11.3 Å². The van der Waals surface area contributed by atoms with E-state index in [-0.39, 0.29) is 10.7 Å². The highest BCUT2D eigenvalue weighted by atomic mass is 32.1. The smallest absolute Gasteiger partial charge is 0.294 e. The number of alkyl halides is 3. The lowest BCUT2D eigenvalue weighted by molar-refractivity contribution is -0.137. The van der Waals surface area contributed by atoms with E-state index >= 15 is 0 Å². The molecule has 0 bridgehead atoms. The summed E-state index contributed by atoms with van der Waals surface area (Å²) >= 11 is 0.815. The predicted octanol–water partition coefficient (Wildman–Crippen LogP) is 2.97. The second-order valence-electron chi connectivity index (χ2n) is 2.25. The van der Waals surface area contributed by atoms with Crippen molar-refractivity contribution in [2.45, 2.75) is 13.1 Å². The van der Waals surface area contributed by atoms with Crippen LogP contribution in [-0.2, 0) is 6.18 Å². The molecule has 0 aliphatic carbocycles. The molecule has 1 nitrogen and oxygen atoms in total. The van der Waals surface area contributed by atoms with Crippen LogP contribution in [0, 0.1) is 0 Å². The van der Waals surface area contributed by atoms with Crippen LogP contribution in [0.25, 0.3) is 0 Å². The molecule has 1 heterocycles. The van der Waals surface area contributed by atoms with Crippen molar-refractivity contribution in [2.75, 3.05) is 0 Å². The number of hydrogen-bond donors (Lipinski definition) is 0. The first kappa shape index (κ1) is 9.25. The molecule has 0 N–H and O–H groups in total. The van der Waals surface area contributed by atoms with E-state index in [2.05, 4.69) is 0 Å². The number of carbonyl (C=O) groups excluding carboxylic acids is 1. The SMILES string of the molecule is CC(=O)c1cc(C(F)(F)F)cs1. The minimum atomic E-state index is -4.34. The Morgan fingerprint density at radius 2 is 2.08 bits per heavy atom. The Hall–Kier alpha value is -0.840. The second-order valence-corrected chi connectivity index (χ2v) is 3.16. The predicted molar refractivity (Wildman–Crippen MR) is 39.3 cm³/mol. The molecule has 5 heteroatoms. The molecule has 66 valence electrons. The van der Waals surface area contributed by atoms with Gasteiger partial charge < -0.3 is 0 Å². The minimum absolute atomic E-state index is 0.141. The summed E-state index contributed by atoms with van der Waals surface area (Å²) in [7, 11) is 0. The van der Waals surface area contributed by atoms with Crippen molar-refractivity contribution in [3.8, 4) is 0 Å². The van der Waals surface area contributed by atoms with E-state index in [1.165, 1.54) is 6.92 Å². The van der Waals surface area contributed by atoms with Gasteiger partial charge in [0, 0.05) is 5.38 Å². The molecule has 0 fully saturated rings. The molecule has 0 aliphatic rings. The normalized spacial score (nSPS) is 11.7. The summed E-state index contributed by atoms with van der Waals surface area (Å²) in [6.45, 7) is 1.24. The molecular formula is C7H5F3OS. The molecular weight excluding hydrogens is 189 g/mol. The molecule has 1 rings (SSSR count). The number of rotatable bonds is 1. The van der Waals surface area contributed by atoms with Gasteiger partial charge in [-0.2, -0.15) is 13.2 Å². The van der Waals surface area contributed by atoms with Gasteiger partial charge in [-0.1, -0.05) is 0 Å². The fourth-order valence-electron chi connectivity index (χ4n) is 0.670. The molecule has 0 saturated carbocycles. The molecule has 1 aromatic heterocycles. The van der Waals surface area contributed by atoms with Crippen LogP contribution >= 0.6 is 11.3 Å². The molecule has 0 unspecified atom stereocenters. The molecule has 0 spiro atoms. The van der Waals surface area contributed by atoms with Gasteiger partial charge in [-0.3, -0.25) is 4.79 Å². The van der Waals surface area contributed by atoms with Gasteiger partial charge in [0.15, 0.2) is 5.78 Å². The first-order valence-electron chi connectivity index (χ1n) is 3.08. The summed E-state index contributed by atoms with van der Waals surface area (Å²) in [5, 5.41) is 0.941. The Bertz CT molecular complexity index is 300. The molecule has 1 aromatic rings. The lowest BCUT2D eigenvalue weighted by Gasteiger charge is -2.00. The van der Waals surface area contributed by atoms with Gasteiger partial charge in [-0.05, 0) is 13.0 Å². The van der Waals surface area contributed by atoms with Gasteiger partial charge in [0.05, 0.1) is 10.4 Å². The van der Waals surface area contributed by atoms with Crippen molar-refractivity contribution in [2.24, 2.45) is 0 Å². The monoisotopic (exact) mass is 194 g/mol. The zero-order valence-corrected chi connectivity index (χ0v) is 6.92. The van der Waals surface area contributed by atoms with Gasteiger partial charge in [0.2, 0.25) is 0 Å². The lowest BCUT2D eigenvalue weighted by atomic mass is 10.2. The number of Topliss-reactive ketones (excluding diaryl/α,β-unsaturated/α-hetero) is 1. The highest BCUT2D eigenvalue weighted by molar-refractivity contribution is 7.12. The summed E-state index contributed by atoms with van der Waals surface area (Å²) in [4.78, 5) is 10.8. The third kappa shape index (κ3) is 1.85. The van der Waals surface area contributed by atoms with E-state index in [0.717, 1.165) is 22.8 Å². The van der Waals surface area contributed by atoms with Crippen LogP contribution < -0.4 is 0 Å². The van der Waals surface area contributed by atoms with Crippen LogP contribution in [0.5, 0.6) is 0 Å². The van der Waals surface area contributed by atoms with Crippen LogP contribution in [0.3, 0.4) is 0 Å². The summed E-state index contributed by atoms with van der Waals surface area (Å²) in [5.41, 5.74) is -0.752. The van der Waals surface area contributed by atoms with Crippen molar-refractivity contribution >= 4 is 17.1 Å². The number of carbonyl (C=O) groups is 1. The van der Waals surface area contributed by atoms with E-state index in [4.69, 9.17) is 0 Å². The minimum Gasteiger partial charge on any atom is -0.294 e. The number of halogens is 3. The van der Waals surface area contributed by atoms with Crippen molar-refractivity contribution in [3.05, 3.63) is 21.9 Å². The summed E-state index contributed by atoms with van der Waals surface area (Å²) < 4.78 is 35.9. The Kier molecular flexibility index (Phi) is 2.23. The fraction of sp³-hybridized carbons (Fsp3) is 0.286. The van der Waals surface area contributed by atoms with Crippen molar-refractivity contribution in [1.29, 1.82) is 0 Å². The summed E-state index contributed by atoms with van der Waals surface area (Å²) in [5.74, 6) is -0.337. The molecule has 12 heavy (non-hydrogen) atoms. The van der Waals surface area contributed by atoms with E-state index in [9.17, 15) is 18.0 Å². The van der Waals surface area contributed by atoms with Crippen molar-refractivity contribution in [3.63, 3.8) is 0 Å². The van der Waals surface area contributed by atoms with E-state index < -0.39 is 11.7 Å². The third-order valence-corrected chi connectivity index (χ3v) is 2.30. The average molecular weight is 194 g/mol. The maximum Gasteiger partial charge on any atom is 0.417 e. The molecule has 0 amide bonds. The van der Waals surface area contributed by atoms with E-state index in [0.29, 0.717) is 0 Å². The Labute approximate surface area is 70.8 Å². The molecule has 0 saturated heterocycles. The number of hydrogen-bond acceptors (Lipinski definition) is 2. The third-order valence-electron chi connectivity index (χ3n) is 1.27. The van der Waals surface area contributed by atoms with Gasteiger partial charge >= 0.3 is 6.18 Å². The maximum absolute atomic E-state index is 12.0. The first-order valence-corrected chi connectivity index (χ1v) is 3.96. The van der Waals surface area contributed by atoms with Crippen LogP contribution in [-0.4, -0.2) is 5.78 Å². The topological polar surface area (TPSA) is 17.1 Å². The maximum atomic E-state index is 12.0. The second kappa shape index (κ2) is 2.90. The Morgan fingerprint density at radius 1 is 1.50 bits per heavy atom. The molecule has 0 atom stereocenters. The van der Waals surface area contributed by atoms with Crippen LogP contribution in [0.15, 0.2) is 11.4 Å². The standard InChI is InChI=1S/C7H5F3OS/c1-4(11)6-2-5(3-12-6)7(8,9)10/h2-3H,1H3. The van der Waals surface area contributed by atoms with Crippen LogP contribution in [0.1, 0.15) is 22.2 Å².